The third kappa shape index (κ3) is 3.54. The fraction of sp³-hybridized carbons (Fsp3) is 0.667. The van der Waals surface area contributed by atoms with Gasteiger partial charge >= 0.3 is 0 Å². The molecular weight excluding hydrogens is 258 g/mol. The summed E-state index contributed by atoms with van der Waals surface area (Å²) in [7, 11) is 0. The molecule has 5 heteroatoms. The number of hydrogen-bond acceptors (Lipinski definition) is 4. The third-order valence-corrected chi connectivity index (χ3v) is 4.01. The second-order valence-corrected chi connectivity index (χ2v) is 6.35. The maximum absolute atomic E-state index is 12.1. The summed E-state index contributed by atoms with van der Waals surface area (Å²) in [6, 6.07) is 0. The normalized spacial score (nSPS) is 34.5. The molecule has 0 aromatic rings. The van der Waals surface area contributed by atoms with Gasteiger partial charge in [0.25, 0.3) is 0 Å². The molecule has 0 aromatic heterocycles. The minimum absolute atomic E-state index is 0.0428. The summed E-state index contributed by atoms with van der Waals surface area (Å²) >= 11 is 0. The molecule has 2 aliphatic rings. The SMILES string of the molecule is C[C@H]1C[C@@](C)(O)C/C(=C\CC2CC(=O)NC(=O)C2)C1=O. The largest absolute Gasteiger partial charge is 0.390 e. The zero-order valence-electron chi connectivity index (χ0n) is 11.9. The molecule has 0 spiro atoms. The molecule has 2 fully saturated rings. The standard InChI is InChI=1S/C15H21NO4/c1-9-7-15(2,20)8-11(14(9)19)4-3-10-5-12(17)16-13(18)6-10/h4,9-10,20H,3,5-8H2,1-2H3,(H,16,17,18)/b11-4+/t9-,15+/m0/s1. The van der Waals surface area contributed by atoms with Crippen LogP contribution in [0, 0.1) is 11.8 Å². The molecule has 2 amide bonds. The molecule has 2 atom stereocenters. The number of carbonyl (C=O) groups excluding carboxylic acids is 3. The van der Waals surface area contributed by atoms with Gasteiger partial charge in [0.15, 0.2) is 5.78 Å². The maximum atomic E-state index is 12.1. The highest BCUT2D eigenvalue weighted by Crippen LogP contribution is 2.34. The van der Waals surface area contributed by atoms with E-state index in [0.717, 1.165) is 0 Å². The van der Waals surface area contributed by atoms with Gasteiger partial charge in [0.05, 0.1) is 5.60 Å². The average molecular weight is 279 g/mol. The van der Waals surface area contributed by atoms with Gasteiger partial charge in [-0.05, 0) is 31.3 Å². The second-order valence-electron chi connectivity index (χ2n) is 6.35. The molecule has 1 saturated carbocycles. The number of carbonyl (C=O) groups is 3. The number of imide groups is 1. The van der Waals surface area contributed by atoms with Crippen molar-refractivity contribution in [2.75, 3.05) is 0 Å². The molecule has 5 nitrogen and oxygen atoms in total. The number of Topliss-reactive ketones (excluding diaryl/α,β-unsaturated/α-hetero) is 1. The number of amides is 2. The Morgan fingerprint density at radius 2 is 1.90 bits per heavy atom. The Hall–Kier alpha value is -1.49. The summed E-state index contributed by atoms with van der Waals surface area (Å²) in [5, 5.41) is 12.4. The fourth-order valence-corrected chi connectivity index (χ4v) is 3.14. The Kier molecular flexibility index (Phi) is 4.09. The van der Waals surface area contributed by atoms with E-state index in [0.29, 0.717) is 37.7 Å². The Morgan fingerprint density at radius 3 is 2.50 bits per heavy atom. The predicted molar refractivity (Wildman–Crippen MR) is 72.6 cm³/mol. The highest BCUT2D eigenvalue weighted by Gasteiger charge is 2.36. The zero-order chi connectivity index (χ0) is 14.9. The Labute approximate surface area is 118 Å². The van der Waals surface area contributed by atoms with Crippen LogP contribution in [0.1, 0.15) is 46.0 Å². The summed E-state index contributed by atoms with van der Waals surface area (Å²) in [5.41, 5.74) is -0.217. The summed E-state index contributed by atoms with van der Waals surface area (Å²) in [6.07, 6.45) is 3.80. The van der Waals surface area contributed by atoms with Crippen LogP contribution >= 0.6 is 0 Å². The summed E-state index contributed by atoms with van der Waals surface area (Å²) in [6.45, 7) is 3.56. The van der Waals surface area contributed by atoms with Crippen molar-refractivity contribution in [3.05, 3.63) is 11.6 Å². The Balaban J connectivity index is 2.04. The molecule has 1 heterocycles. The van der Waals surface area contributed by atoms with Crippen molar-refractivity contribution in [3.8, 4) is 0 Å². The number of ketones is 1. The van der Waals surface area contributed by atoms with E-state index in [4.69, 9.17) is 0 Å². The third-order valence-electron chi connectivity index (χ3n) is 4.01. The van der Waals surface area contributed by atoms with Gasteiger partial charge in [-0.15, -0.1) is 0 Å². The second kappa shape index (κ2) is 5.48. The van der Waals surface area contributed by atoms with Gasteiger partial charge in [0.1, 0.15) is 0 Å². The van der Waals surface area contributed by atoms with E-state index in [1.807, 2.05) is 13.0 Å². The van der Waals surface area contributed by atoms with Crippen molar-refractivity contribution >= 4 is 17.6 Å². The van der Waals surface area contributed by atoms with Gasteiger partial charge in [-0.1, -0.05) is 13.0 Å². The van der Waals surface area contributed by atoms with Crippen LogP contribution in [0.3, 0.4) is 0 Å². The minimum atomic E-state index is -0.848. The topological polar surface area (TPSA) is 83.5 Å². The molecule has 1 aliphatic heterocycles. The summed E-state index contributed by atoms with van der Waals surface area (Å²) in [5.74, 6) is -0.650. The molecule has 2 rings (SSSR count). The first kappa shape index (κ1) is 14.9. The van der Waals surface area contributed by atoms with Gasteiger partial charge in [-0.3, -0.25) is 19.7 Å². The highest BCUT2D eigenvalue weighted by molar-refractivity contribution is 5.98. The molecule has 1 aliphatic carbocycles. The van der Waals surface area contributed by atoms with Crippen molar-refractivity contribution in [3.63, 3.8) is 0 Å². The first-order valence-electron chi connectivity index (χ1n) is 7.05. The molecule has 110 valence electrons. The molecule has 20 heavy (non-hydrogen) atoms. The molecular formula is C15H21NO4. The highest BCUT2D eigenvalue weighted by atomic mass is 16.3. The van der Waals surface area contributed by atoms with E-state index in [9.17, 15) is 19.5 Å². The predicted octanol–water partition coefficient (Wildman–Crippen LogP) is 1.11. The quantitative estimate of drug-likeness (QED) is 0.586. The number of piperidine rings is 1. The summed E-state index contributed by atoms with van der Waals surface area (Å²) in [4.78, 5) is 34.7. The van der Waals surface area contributed by atoms with Gasteiger partial charge in [0, 0.05) is 25.2 Å². The lowest BCUT2D eigenvalue weighted by atomic mass is 9.75. The van der Waals surface area contributed by atoms with Crippen LogP contribution in [-0.4, -0.2) is 28.3 Å². The first-order chi connectivity index (χ1) is 9.27. The van der Waals surface area contributed by atoms with Crippen LogP contribution in [0.4, 0.5) is 0 Å². The van der Waals surface area contributed by atoms with Crippen LogP contribution in [0.15, 0.2) is 11.6 Å². The average Bonchev–Trinajstić information content (AvgIpc) is 2.30. The van der Waals surface area contributed by atoms with Crippen molar-refractivity contribution in [1.29, 1.82) is 0 Å². The van der Waals surface area contributed by atoms with Crippen LogP contribution in [0.2, 0.25) is 0 Å². The van der Waals surface area contributed by atoms with E-state index in [-0.39, 0.29) is 29.4 Å². The Bertz CT molecular complexity index is 462. The minimum Gasteiger partial charge on any atom is -0.390 e. The van der Waals surface area contributed by atoms with E-state index in [1.165, 1.54) is 0 Å². The van der Waals surface area contributed by atoms with E-state index in [1.54, 1.807) is 6.92 Å². The van der Waals surface area contributed by atoms with Crippen molar-refractivity contribution in [2.24, 2.45) is 11.8 Å². The number of aliphatic hydroxyl groups is 1. The lowest BCUT2D eigenvalue weighted by molar-refractivity contribution is -0.134. The van der Waals surface area contributed by atoms with E-state index < -0.39 is 5.60 Å². The van der Waals surface area contributed by atoms with Gasteiger partial charge in [0.2, 0.25) is 11.8 Å². The van der Waals surface area contributed by atoms with Gasteiger partial charge in [-0.2, -0.15) is 0 Å². The number of rotatable bonds is 2. The number of allylic oxidation sites excluding steroid dienone is 1. The maximum Gasteiger partial charge on any atom is 0.226 e. The molecule has 2 N–H and O–H groups in total. The lowest BCUT2D eigenvalue weighted by Crippen LogP contribution is -2.39. The Morgan fingerprint density at radius 1 is 1.30 bits per heavy atom. The van der Waals surface area contributed by atoms with Crippen LogP contribution in [0.25, 0.3) is 0 Å². The van der Waals surface area contributed by atoms with Crippen molar-refractivity contribution in [1.82, 2.24) is 5.32 Å². The van der Waals surface area contributed by atoms with E-state index >= 15 is 0 Å². The number of nitrogens with one attached hydrogen (secondary N) is 1. The smallest absolute Gasteiger partial charge is 0.226 e. The van der Waals surface area contributed by atoms with Gasteiger partial charge in [-0.25, -0.2) is 0 Å². The molecule has 0 radical (unpaired) electrons. The van der Waals surface area contributed by atoms with Crippen LogP contribution < -0.4 is 5.32 Å². The molecule has 0 aromatic carbocycles. The van der Waals surface area contributed by atoms with Crippen molar-refractivity contribution < 1.29 is 19.5 Å². The van der Waals surface area contributed by atoms with Crippen molar-refractivity contribution in [2.45, 2.75) is 51.6 Å². The number of hydrogen-bond donors (Lipinski definition) is 2. The fourth-order valence-electron chi connectivity index (χ4n) is 3.14. The molecule has 1 saturated heterocycles. The van der Waals surface area contributed by atoms with Crippen LogP contribution in [-0.2, 0) is 14.4 Å². The van der Waals surface area contributed by atoms with E-state index in [2.05, 4.69) is 5.32 Å². The van der Waals surface area contributed by atoms with Crippen LogP contribution in [0.5, 0.6) is 0 Å². The molecule has 0 unspecified atom stereocenters. The zero-order valence-corrected chi connectivity index (χ0v) is 11.9. The summed E-state index contributed by atoms with van der Waals surface area (Å²) < 4.78 is 0. The lowest BCUT2D eigenvalue weighted by Gasteiger charge is -2.33. The van der Waals surface area contributed by atoms with Gasteiger partial charge < -0.3 is 5.11 Å². The molecule has 0 bridgehead atoms. The monoisotopic (exact) mass is 279 g/mol. The first-order valence-corrected chi connectivity index (χ1v) is 7.05.